The zero-order chi connectivity index (χ0) is 12.4. The van der Waals surface area contributed by atoms with E-state index in [0.717, 1.165) is 22.8 Å². The third kappa shape index (κ3) is 2.07. The number of furan rings is 1. The second-order valence-electron chi connectivity index (χ2n) is 4.14. The van der Waals surface area contributed by atoms with Crippen LogP contribution in [0.3, 0.4) is 0 Å². The number of aromatic nitrogens is 1. The molecular weight excluding hydrogens is 226 g/mol. The second kappa shape index (κ2) is 4.53. The third-order valence-corrected chi connectivity index (χ3v) is 2.84. The van der Waals surface area contributed by atoms with Gasteiger partial charge in [-0.2, -0.15) is 0 Å². The van der Waals surface area contributed by atoms with Crippen molar-refractivity contribution in [3.63, 3.8) is 0 Å². The van der Waals surface area contributed by atoms with Gasteiger partial charge in [0.25, 0.3) is 0 Å². The van der Waals surface area contributed by atoms with E-state index >= 15 is 0 Å². The van der Waals surface area contributed by atoms with Crippen LogP contribution in [0.2, 0.25) is 0 Å². The number of aryl methyl sites for hydroxylation is 1. The summed E-state index contributed by atoms with van der Waals surface area (Å²) in [5.74, 6) is 2.39. The van der Waals surface area contributed by atoms with E-state index in [4.69, 9.17) is 8.83 Å². The zero-order valence-electron chi connectivity index (χ0n) is 10.1. The Bertz CT molecular complexity index is 624. The van der Waals surface area contributed by atoms with Gasteiger partial charge in [0.2, 0.25) is 5.89 Å². The average molecular weight is 239 g/mol. The Morgan fingerprint density at radius 2 is 1.89 bits per heavy atom. The van der Waals surface area contributed by atoms with Crippen LogP contribution in [0.25, 0.3) is 11.5 Å². The van der Waals surface area contributed by atoms with E-state index in [1.807, 2.05) is 49.4 Å². The van der Waals surface area contributed by atoms with Gasteiger partial charge in [-0.25, -0.2) is 4.98 Å². The highest BCUT2D eigenvalue weighted by atomic mass is 16.4. The molecule has 0 spiro atoms. The molecule has 0 unspecified atom stereocenters. The monoisotopic (exact) mass is 239 g/mol. The lowest BCUT2D eigenvalue weighted by Gasteiger charge is -1.92. The largest absolute Gasteiger partial charge is 0.469 e. The van der Waals surface area contributed by atoms with Gasteiger partial charge < -0.3 is 8.83 Å². The number of hydrogen-bond donors (Lipinski definition) is 0. The van der Waals surface area contributed by atoms with Crippen molar-refractivity contribution in [3.05, 3.63) is 65.9 Å². The van der Waals surface area contributed by atoms with Crippen molar-refractivity contribution in [1.29, 1.82) is 0 Å². The highest BCUT2D eigenvalue weighted by Crippen LogP contribution is 2.22. The molecule has 3 rings (SSSR count). The molecule has 90 valence electrons. The Kier molecular flexibility index (Phi) is 2.73. The number of benzene rings is 1. The fraction of sp³-hybridized carbons (Fsp3) is 0.133. The van der Waals surface area contributed by atoms with Gasteiger partial charge in [-0.15, -0.1) is 0 Å². The lowest BCUT2D eigenvalue weighted by molar-refractivity contribution is 0.513. The van der Waals surface area contributed by atoms with Gasteiger partial charge >= 0.3 is 0 Å². The van der Waals surface area contributed by atoms with Crippen molar-refractivity contribution >= 4 is 0 Å². The molecule has 0 saturated heterocycles. The third-order valence-electron chi connectivity index (χ3n) is 2.84. The van der Waals surface area contributed by atoms with Gasteiger partial charge in [0, 0.05) is 5.56 Å². The number of rotatable bonds is 3. The summed E-state index contributed by atoms with van der Waals surface area (Å²) < 4.78 is 11.0. The fourth-order valence-corrected chi connectivity index (χ4v) is 1.87. The first-order valence-corrected chi connectivity index (χ1v) is 5.87. The Hall–Kier alpha value is -2.29. The molecule has 3 aromatic rings. The molecule has 2 aromatic heterocycles. The van der Waals surface area contributed by atoms with Crippen molar-refractivity contribution in [2.24, 2.45) is 0 Å². The predicted molar refractivity (Wildman–Crippen MR) is 68.2 cm³/mol. The van der Waals surface area contributed by atoms with Crippen LogP contribution in [0.15, 0.2) is 57.6 Å². The summed E-state index contributed by atoms with van der Waals surface area (Å²) in [4.78, 5) is 4.53. The smallest absolute Gasteiger partial charge is 0.226 e. The Morgan fingerprint density at radius 3 is 2.61 bits per heavy atom. The molecule has 18 heavy (non-hydrogen) atoms. The minimum atomic E-state index is 0.662. The number of oxazole rings is 1. The van der Waals surface area contributed by atoms with Gasteiger partial charge in [-0.05, 0) is 31.2 Å². The summed E-state index contributed by atoms with van der Waals surface area (Å²) >= 11 is 0. The molecular formula is C15H13NO2. The van der Waals surface area contributed by atoms with Crippen LogP contribution in [-0.4, -0.2) is 4.98 Å². The molecule has 0 bridgehead atoms. The Morgan fingerprint density at radius 1 is 1.06 bits per heavy atom. The number of hydrogen-bond acceptors (Lipinski definition) is 3. The molecule has 3 heteroatoms. The highest BCUT2D eigenvalue weighted by Gasteiger charge is 2.12. The molecule has 2 heterocycles. The first-order chi connectivity index (χ1) is 8.83. The highest BCUT2D eigenvalue weighted by molar-refractivity contribution is 5.53. The number of nitrogens with zero attached hydrogens (tertiary/aromatic N) is 1. The molecule has 1 aromatic carbocycles. The first-order valence-electron chi connectivity index (χ1n) is 5.87. The lowest BCUT2D eigenvalue weighted by Crippen LogP contribution is -1.88. The molecule has 0 aliphatic carbocycles. The molecule has 0 amide bonds. The van der Waals surface area contributed by atoms with Crippen molar-refractivity contribution < 1.29 is 8.83 Å². The van der Waals surface area contributed by atoms with Crippen molar-refractivity contribution in [1.82, 2.24) is 4.98 Å². The maximum Gasteiger partial charge on any atom is 0.226 e. The van der Waals surface area contributed by atoms with E-state index in [1.165, 1.54) is 0 Å². The molecule has 0 saturated carbocycles. The average Bonchev–Trinajstić information content (AvgIpc) is 3.02. The van der Waals surface area contributed by atoms with Crippen molar-refractivity contribution in [3.8, 4) is 11.5 Å². The summed E-state index contributed by atoms with van der Waals surface area (Å²) in [7, 11) is 0. The molecule has 3 nitrogen and oxygen atoms in total. The maximum absolute atomic E-state index is 5.70. The van der Waals surface area contributed by atoms with E-state index in [1.54, 1.807) is 6.26 Å². The zero-order valence-corrected chi connectivity index (χ0v) is 10.1. The lowest BCUT2D eigenvalue weighted by atomic mass is 10.2. The minimum absolute atomic E-state index is 0.662. The predicted octanol–water partition coefficient (Wildman–Crippen LogP) is 3.83. The van der Waals surface area contributed by atoms with Crippen LogP contribution in [0.5, 0.6) is 0 Å². The Balaban J connectivity index is 1.91. The SMILES string of the molecule is Cc1oc(-c2ccccc2)nc1Cc1ccco1. The second-order valence-corrected chi connectivity index (χ2v) is 4.14. The van der Waals surface area contributed by atoms with E-state index in [9.17, 15) is 0 Å². The van der Waals surface area contributed by atoms with Gasteiger partial charge in [-0.3, -0.25) is 0 Å². The van der Waals surface area contributed by atoms with Crippen LogP contribution >= 0.6 is 0 Å². The maximum atomic E-state index is 5.70. The first kappa shape index (κ1) is 10.8. The molecule has 0 aliphatic heterocycles. The Labute approximate surface area is 105 Å². The van der Waals surface area contributed by atoms with Gasteiger partial charge in [0.1, 0.15) is 11.5 Å². The van der Waals surface area contributed by atoms with Crippen LogP contribution in [0, 0.1) is 6.92 Å². The van der Waals surface area contributed by atoms with E-state index in [2.05, 4.69) is 4.98 Å². The van der Waals surface area contributed by atoms with Gasteiger partial charge in [0.05, 0.1) is 18.4 Å². The molecule has 0 radical (unpaired) electrons. The van der Waals surface area contributed by atoms with E-state index < -0.39 is 0 Å². The molecule has 0 fully saturated rings. The van der Waals surface area contributed by atoms with E-state index in [0.29, 0.717) is 12.3 Å². The summed E-state index contributed by atoms with van der Waals surface area (Å²) in [6, 6.07) is 13.7. The van der Waals surface area contributed by atoms with Crippen molar-refractivity contribution in [2.45, 2.75) is 13.3 Å². The van der Waals surface area contributed by atoms with E-state index in [-0.39, 0.29) is 0 Å². The standard InChI is InChI=1S/C15H13NO2/c1-11-14(10-13-8-5-9-17-13)16-15(18-11)12-6-3-2-4-7-12/h2-9H,10H2,1H3. The summed E-state index contributed by atoms with van der Waals surface area (Å²) in [6.07, 6.45) is 2.33. The quantitative estimate of drug-likeness (QED) is 0.697. The fourth-order valence-electron chi connectivity index (χ4n) is 1.87. The van der Waals surface area contributed by atoms with Crippen LogP contribution < -0.4 is 0 Å². The summed E-state index contributed by atoms with van der Waals surface area (Å²) in [6.45, 7) is 1.93. The molecule has 0 atom stereocenters. The normalized spacial score (nSPS) is 10.7. The summed E-state index contributed by atoms with van der Waals surface area (Å²) in [5, 5.41) is 0. The van der Waals surface area contributed by atoms with Crippen LogP contribution in [-0.2, 0) is 6.42 Å². The van der Waals surface area contributed by atoms with Gasteiger partial charge in [0.15, 0.2) is 0 Å². The molecule has 0 aliphatic rings. The van der Waals surface area contributed by atoms with Crippen molar-refractivity contribution in [2.75, 3.05) is 0 Å². The van der Waals surface area contributed by atoms with Crippen LogP contribution in [0.4, 0.5) is 0 Å². The molecule has 0 N–H and O–H groups in total. The topological polar surface area (TPSA) is 39.2 Å². The summed E-state index contributed by atoms with van der Waals surface area (Å²) in [5.41, 5.74) is 1.91. The van der Waals surface area contributed by atoms with Crippen LogP contribution in [0.1, 0.15) is 17.2 Å². The minimum Gasteiger partial charge on any atom is -0.469 e. The van der Waals surface area contributed by atoms with Gasteiger partial charge in [-0.1, -0.05) is 18.2 Å².